The molecule has 0 N–H and O–H groups in total. The Morgan fingerprint density at radius 1 is 0.500 bits per heavy atom. The number of fused-ring (bicyclic) bond motifs is 1. The summed E-state index contributed by atoms with van der Waals surface area (Å²) in [6, 6.07) is 24.5. The van der Waals surface area contributed by atoms with Crippen LogP contribution in [0.25, 0.3) is 10.8 Å². The second-order valence-electron chi connectivity index (χ2n) is 8.62. The van der Waals surface area contributed by atoms with Crippen LogP contribution in [0.4, 0.5) is 0 Å². The fraction of sp³-hybridized carbons (Fsp3) is 0.267. The molecule has 0 aliphatic rings. The van der Waals surface area contributed by atoms with Gasteiger partial charge in [0.15, 0.2) is 10.6 Å². The molecule has 2 atom stereocenters. The van der Waals surface area contributed by atoms with Crippen LogP contribution in [0, 0.1) is 0 Å². The van der Waals surface area contributed by atoms with Crippen molar-refractivity contribution >= 4 is 47.6 Å². The molecule has 0 radical (unpaired) electrons. The van der Waals surface area contributed by atoms with Crippen molar-refractivity contribution in [3.05, 3.63) is 95.1 Å². The van der Waals surface area contributed by atoms with Gasteiger partial charge in [0.1, 0.15) is 0 Å². The van der Waals surface area contributed by atoms with E-state index in [1.54, 1.807) is 0 Å². The predicted molar refractivity (Wildman–Crippen MR) is 148 cm³/mol. The van der Waals surface area contributed by atoms with E-state index in [1.807, 2.05) is 48.5 Å². The van der Waals surface area contributed by atoms with E-state index < -0.39 is 15.6 Å². The lowest BCUT2D eigenvalue weighted by Crippen LogP contribution is -2.26. The fourth-order valence-corrected chi connectivity index (χ4v) is 7.99. The average molecular weight is 487 g/mol. The first-order valence-corrected chi connectivity index (χ1v) is 14.7. The lowest BCUT2D eigenvalue weighted by atomic mass is 10.1. The largest absolute Gasteiger partial charge is 0.420 e. The van der Waals surface area contributed by atoms with Crippen LogP contribution < -0.4 is 21.2 Å². The van der Waals surface area contributed by atoms with Crippen molar-refractivity contribution in [2.75, 3.05) is 0 Å². The van der Waals surface area contributed by atoms with E-state index in [0.717, 1.165) is 58.2 Å². The molecule has 0 heterocycles. The Bertz CT molecular complexity index is 1280. The van der Waals surface area contributed by atoms with Crippen LogP contribution in [-0.4, -0.2) is 0 Å². The zero-order valence-corrected chi connectivity index (χ0v) is 22.3. The number of aryl methyl sites for hydroxylation is 4. The molecule has 0 aliphatic heterocycles. The Hall–Kier alpha value is -2.66. The van der Waals surface area contributed by atoms with E-state index in [9.17, 15) is 9.13 Å². The maximum absolute atomic E-state index is 14.1. The third-order valence-electron chi connectivity index (χ3n) is 6.58. The van der Waals surface area contributed by atoms with Gasteiger partial charge >= 0.3 is 15.6 Å². The number of hydrogen-bond acceptors (Lipinski definition) is 2. The predicted octanol–water partition coefficient (Wildman–Crippen LogP) is 6.65. The van der Waals surface area contributed by atoms with Crippen molar-refractivity contribution in [1.82, 2.24) is 0 Å². The first-order chi connectivity index (χ1) is 16.5. The Kier molecular flexibility index (Phi) is 7.72. The van der Waals surface area contributed by atoms with Crippen molar-refractivity contribution in [1.29, 1.82) is 0 Å². The summed E-state index contributed by atoms with van der Waals surface area (Å²) in [5.41, 5.74) is 4.71. The average Bonchev–Trinajstić information content (AvgIpc) is 2.90. The maximum atomic E-state index is 14.1. The van der Waals surface area contributed by atoms with Crippen molar-refractivity contribution in [3.63, 3.8) is 0 Å². The summed E-state index contributed by atoms with van der Waals surface area (Å²) in [6.45, 7) is 8.48. The summed E-state index contributed by atoms with van der Waals surface area (Å²) < 4.78 is 28.2. The minimum atomic E-state index is -1.89. The highest BCUT2D eigenvalue weighted by molar-refractivity contribution is 7.68. The summed E-state index contributed by atoms with van der Waals surface area (Å²) in [5, 5.41) is 5.13. The Morgan fingerprint density at radius 2 is 0.912 bits per heavy atom. The van der Waals surface area contributed by atoms with Crippen LogP contribution in [0.3, 0.4) is 0 Å². The minimum absolute atomic E-state index is 0.690. The fourth-order valence-electron chi connectivity index (χ4n) is 4.48. The van der Waals surface area contributed by atoms with Crippen molar-refractivity contribution < 1.29 is 9.13 Å². The van der Waals surface area contributed by atoms with Gasteiger partial charge in [-0.1, -0.05) is 85.4 Å². The summed E-state index contributed by atoms with van der Waals surface area (Å²) in [7, 11) is -3.78. The van der Waals surface area contributed by atoms with Gasteiger partial charge in [0, 0.05) is 23.3 Å². The molecule has 4 rings (SSSR count). The first kappa shape index (κ1) is 24.5. The van der Waals surface area contributed by atoms with Crippen molar-refractivity contribution in [2.24, 2.45) is 0 Å². The zero-order valence-electron chi connectivity index (χ0n) is 20.5. The molecule has 2 unspecified atom stereocenters. The maximum Gasteiger partial charge on any atom is 0.420 e. The van der Waals surface area contributed by atoms with Gasteiger partial charge in [-0.2, -0.15) is 0 Å². The van der Waals surface area contributed by atoms with Gasteiger partial charge in [0.25, 0.3) is 0 Å². The molecule has 4 aromatic rings. The SMILES string of the molecule is CCc1ccc([P+](=O)c2cc3ccccc3cc2[P+](=O)c2ccc(CC)cc2CC)c(CC)c1. The molecule has 0 saturated heterocycles. The molecule has 0 bridgehead atoms. The van der Waals surface area contributed by atoms with Crippen LogP contribution in [0.1, 0.15) is 49.9 Å². The van der Waals surface area contributed by atoms with Crippen LogP contribution >= 0.6 is 15.6 Å². The second kappa shape index (κ2) is 10.7. The van der Waals surface area contributed by atoms with E-state index in [4.69, 9.17) is 0 Å². The van der Waals surface area contributed by atoms with E-state index in [0.29, 0.717) is 10.6 Å². The minimum Gasteiger partial charge on any atom is -0.0616 e. The molecular formula is C30H32O2P2+2. The Morgan fingerprint density at radius 3 is 1.26 bits per heavy atom. The molecule has 0 spiro atoms. The van der Waals surface area contributed by atoms with E-state index in [-0.39, 0.29) is 0 Å². The molecule has 2 nitrogen and oxygen atoms in total. The van der Waals surface area contributed by atoms with Crippen molar-refractivity contribution in [3.8, 4) is 0 Å². The quantitative estimate of drug-likeness (QED) is 0.262. The van der Waals surface area contributed by atoms with Crippen LogP contribution in [0.2, 0.25) is 0 Å². The van der Waals surface area contributed by atoms with Crippen molar-refractivity contribution in [2.45, 2.75) is 53.4 Å². The molecule has 0 fully saturated rings. The molecule has 4 aromatic carbocycles. The summed E-state index contributed by atoms with van der Waals surface area (Å²) in [6.07, 6.45) is 3.53. The molecule has 172 valence electrons. The van der Waals surface area contributed by atoms with E-state index in [1.165, 1.54) is 11.1 Å². The molecule has 4 heteroatoms. The van der Waals surface area contributed by atoms with Gasteiger partial charge < -0.3 is 0 Å². The molecule has 0 aromatic heterocycles. The second-order valence-corrected chi connectivity index (χ2v) is 11.7. The van der Waals surface area contributed by atoms with Crippen LogP contribution in [0.5, 0.6) is 0 Å². The van der Waals surface area contributed by atoms with Crippen LogP contribution in [0.15, 0.2) is 72.8 Å². The van der Waals surface area contributed by atoms with Gasteiger partial charge in [-0.25, -0.2) is 0 Å². The highest BCUT2D eigenvalue weighted by Gasteiger charge is 2.40. The normalized spacial score (nSPS) is 12.1. The lowest BCUT2D eigenvalue weighted by Gasteiger charge is -2.05. The first-order valence-electron chi connectivity index (χ1n) is 12.2. The molecular weight excluding hydrogens is 454 g/mol. The number of benzene rings is 4. The standard InChI is InChI=1S/C30H32O2P2/c1-5-21-13-15-27(23(7-3)17-21)33(31)29-19-25-11-9-10-12-26(25)20-30(29)34(32)28-16-14-22(6-2)18-24(28)8-4/h9-20H,5-8H2,1-4H3/q+2. The molecule has 34 heavy (non-hydrogen) atoms. The third-order valence-corrected chi connectivity index (χ3v) is 10.1. The number of rotatable bonds is 8. The third kappa shape index (κ3) is 4.76. The number of hydrogen-bond donors (Lipinski definition) is 0. The van der Waals surface area contributed by atoms with Gasteiger partial charge in [-0.3, -0.25) is 0 Å². The monoisotopic (exact) mass is 486 g/mol. The van der Waals surface area contributed by atoms with E-state index in [2.05, 4.69) is 52.0 Å². The summed E-state index contributed by atoms with van der Waals surface area (Å²) in [5.74, 6) is 0. The molecule has 0 aliphatic carbocycles. The summed E-state index contributed by atoms with van der Waals surface area (Å²) in [4.78, 5) is 0. The topological polar surface area (TPSA) is 34.1 Å². The van der Waals surface area contributed by atoms with E-state index >= 15 is 0 Å². The summed E-state index contributed by atoms with van der Waals surface area (Å²) >= 11 is 0. The Labute approximate surface area is 205 Å². The van der Waals surface area contributed by atoms with Gasteiger partial charge in [-0.05, 0) is 59.7 Å². The van der Waals surface area contributed by atoms with Gasteiger partial charge in [0.05, 0.1) is 0 Å². The zero-order chi connectivity index (χ0) is 24.2. The van der Waals surface area contributed by atoms with Gasteiger partial charge in [0.2, 0.25) is 10.6 Å². The smallest absolute Gasteiger partial charge is 0.0616 e. The highest BCUT2D eigenvalue weighted by Crippen LogP contribution is 2.31. The Balaban J connectivity index is 1.92. The molecule has 0 amide bonds. The van der Waals surface area contributed by atoms with Gasteiger partial charge in [-0.15, -0.1) is 0 Å². The van der Waals surface area contributed by atoms with Crippen LogP contribution in [-0.2, 0) is 34.8 Å². The highest BCUT2D eigenvalue weighted by atomic mass is 31.1. The lowest BCUT2D eigenvalue weighted by molar-refractivity contribution is 0.596. The molecule has 0 saturated carbocycles.